The van der Waals surface area contributed by atoms with Crippen LogP contribution >= 0.6 is 0 Å². The van der Waals surface area contributed by atoms with Crippen LogP contribution in [0.5, 0.6) is 5.75 Å². The van der Waals surface area contributed by atoms with Gasteiger partial charge in [-0.15, -0.1) is 0 Å². The van der Waals surface area contributed by atoms with Gasteiger partial charge in [-0.3, -0.25) is 10.1 Å². The molecule has 0 aliphatic carbocycles. The number of fused-ring (bicyclic) bond motifs is 2. The maximum absolute atomic E-state index is 11.0. The summed E-state index contributed by atoms with van der Waals surface area (Å²) in [5.74, 6) is 0.518. The number of nitrogens with zero attached hydrogens (tertiary/aromatic N) is 2. The van der Waals surface area contributed by atoms with E-state index in [4.69, 9.17) is 9.72 Å². The summed E-state index contributed by atoms with van der Waals surface area (Å²) in [6, 6.07) is 20.8. The standard InChI is InChI=1S/C21H16N2O3/c1-26-21-13-15(23(24)25)11-10-14(21)12-18-16-6-2-4-8-19(16)22-20-9-5-3-7-17(18)20/h2-11,13H,12H2,1H3. The van der Waals surface area contributed by atoms with Gasteiger partial charge >= 0.3 is 0 Å². The van der Waals surface area contributed by atoms with Crippen LogP contribution in [-0.4, -0.2) is 17.0 Å². The average molecular weight is 344 g/mol. The number of pyridine rings is 1. The van der Waals surface area contributed by atoms with Crippen molar-refractivity contribution in [2.24, 2.45) is 0 Å². The van der Waals surface area contributed by atoms with Crippen molar-refractivity contribution in [3.05, 3.63) is 88.0 Å². The highest BCUT2D eigenvalue weighted by atomic mass is 16.6. The number of ether oxygens (including phenoxy) is 1. The summed E-state index contributed by atoms with van der Waals surface area (Å²) < 4.78 is 5.41. The van der Waals surface area contributed by atoms with Crippen molar-refractivity contribution < 1.29 is 9.66 Å². The lowest BCUT2D eigenvalue weighted by atomic mass is 9.96. The average Bonchev–Trinajstić information content (AvgIpc) is 2.67. The third-order valence-corrected chi connectivity index (χ3v) is 4.55. The highest BCUT2D eigenvalue weighted by Gasteiger charge is 2.15. The van der Waals surface area contributed by atoms with Crippen LogP contribution in [0.25, 0.3) is 21.8 Å². The number of rotatable bonds is 4. The Balaban J connectivity index is 1.93. The molecule has 3 aromatic carbocycles. The van der Waals surface area contributed by atoms with E-state index in [2.05, 4.69) is 12.1 Å². The smallest absolute Gasteiger partial charge is 0.273 e. The fraction of sp³-hybridized carbons (Fsp3) is 0.0952. The lowest BCUT2D eigenvalue weighted by Crippen LogP contribution is -1.98. The van der Waals surface area contributed by atoms with Gasteiger partial charge in [0.05, 0.1) is 29.1 Å². The second-order valence-corrected chi connectivity index (χ2v) is 6.05. The second kappa shape index (κ2) is 6.44. The number of para-hydroxylation sites is 2. The van der Waals surface area contributed by atoms with E-state index in [0.717, 1.165) is 32.9 Å². The Morgan fingerprint density at radius 2 is 1.58 bits per heavy atom. The van der Waals surface area contributed by atoms with Crippen LogP contribution in [0.15, 0.2) is 66.7 Å². The zero-order chi connectivity index (χ0) is 18.1. The van der Waals surface area contributed by atoms with Crippen LogP contribution in [0, 0.1) is 10.1 Å². The summed E-state index contributed by atoms with van der Waals surface area (Å²) in [6.07, 6.45) is 0.602. The predicted octanol–water partition coefficient (Wildman–Crippen LogP) is 4.90. The Morgan fingerprint density at radius 1 is 0.962 bits per heavy atom. The molecule has 0 amide bonds. The molecule has 0 unspecified atom stereocenters. The van der Waals surface area contributed by atoms with Crippen molar-refractivity contribution in [3.8, 4) is 5.75 Å². The van der Waals surface area contributed by atoms with Crippen molar-refractivity contribution in [2.45, 2.75) is 6.42 Å². The van der Waals surface area contributed by atoms with Gasteiger partial charge in [-0.2, -0.15) is 0 Å². The van der Waals surface area contributed by atoms with Crippen LogP contribution in [0.3, 0.4) is 0 Å². The molecule has 26 heavy (non-hydrogen) atoms. The normalized spacial score (nSPS) is 11.0. The fourth-order valence-corrected chi connectivity index (χ4v) is 3.30. The minimum Gasteiger partial charge on any atom is -0.496 e. The zero-order valence-corrected chi connectivity index (χ0v) is 14.2. The number of hydrogen-bond acceptors (Lipinski definition) is 4. The van der Waals surface area contributed by atoms with E-state index in [0.29, 0.717) is 12.2 Å². The molecule has 0 aliphatic rings. The number of benzene rings is 3. The molecule has 1 aromatic heterocycles. The molecular weight excluding hydrogens is 328 g/mol. The SMILES string of the molecule is COc1cc([N+](=O)[O-])ccc1Cc1c2ccccc2nc2ccccc12. The van der Waals surface area contributed by atoms with Gasteiger partial charge in [0.25, 0.3) is 5.69 Å². The Bertz CT molecular complexity index is 1080. The molecule has 0 fully saturated rings. The Kier molecular flexibility index (Phi) is 3.97. The van der Waals surface area contributed by atoms with Crippen LogP contribution in [0.4, 0.5) is 5.69 Å². The molecule has 4 aromatic rings. The minimum atomic E-state index is -0.413. The third-order valence-electron chi connectivity index (χ3n) is 4.55. The highest BCUT2D eigenvalue weighted by molar-refractivity contribution is 5.97. The first-order valence-corrected chi connectivity index (χ1v) is 8.25. The molecule has 5 heteroatoms. The van der Waals surface area contributed by atoms with Gasteiger partial charge in [-0.25, -0.2) is 4.98 Å². The number of non-ortho nitro benzene ring substituents is 1. The van der Waals surface area contributed by atoms with Gasteiger partial charge in [0, 0.05) is 23.3 Å². The lowest BCUT2D eigenvalue weighted by Gasteiger charge is -2.13. The molecule has 0 radical (unpaired) electrons. The van der Waals surface area contributed by atoms with E-state index < -0.39 is 4.92 Å². The summed E-state index contributed by atoms with van der Waals surface area (Å²) in [5, 5.41) is 13.2. The van der Waals surface area contributed by atoms with Crippen LogP contribution in [0.2, 0.25) is 0 Å². The van der Waals surface area contributed by atoms with Gasteiger partial charge < -0.3 is 4.74 Å². The van der Waals surface area contributed by atoms with Gasteiger partial charge in [-0.1, -0.05) is 36.4 Å². The highest BCUT2D eigenvalue weighted by Crippen LogP contribution is 2.32. The molecule has 0 aliphatic heterocycles. The number of methoxy groups -OCH3 is 1. The molecule has 0 N–H and O–H groups in total. The maximum atomic E-state index is 11.0. The summed E-state index contributed by atoms with van der Waals surface area (Å²) in [5.41, 5.74) is 3.93. The van der Waals surface area contributed by atoms with Crippen LogP contribution in [-0.2, 0) is 6.42 Å². The first kappa shape index (κ1) is 16.0. The molecule has 4 rings (SSSR count). The number of nitro benzene ring substituents is 1. The number of hydrogen-bond donors (Lipinski definition) is 0. The van der Waals surface area contributed by atoms with E-state index in [1.807, 2.05) is 36.4 Å². The summed E-state index contributed by atoms with van der Waals surface area (Å²) in [4.78, 5) is 15.4. The third kappa shape index (κ3) is 2.73. The Labute approximate surface area is 150 Å². The molecule has 0 saturated heterocycles. The van der Waals surface area contributed by atoms with Gasteiger partial charge in [0.1, 0.15) is 5.75 Å². The van der Waals surface area contributed by atoms with Gasteiger partial charge in [0.2, 0.25) is 0 Å². The molecule has 0 spiro atoms. The van der Waals surface area contributed by atoms with Crippen LogP contribution in [0.1, 0.15) is 11.1 Å². The maximum Gasteiger partial charge on any atom is 0.273 e. The van der Waals surface area contributed by atoms with E-state index in [-0.39, 0.29) is 5.69 Å². The molecular formula is C21H16N2O3. The van der Waals surface area contributed by atoms with Gasteiger partial charge in [0.15, 0.2) is 0 Å². The summed E-state index contributed by atoms with van der Waals surface area (Å²) in [7, 11) is 1.53. The molecule has 0 atom stereocenters. The Morgan fingerprint density at radius 3 is 2.15 bits per heavy atom. The molecule has 1 heterocycles. The summed E-state index contributed by atoms with van der Waals surface area (Å²) in [6.45, 7) is 0. The molecule has 0 saturated carbocycles. The summed E-state index contributed by atoms with van der Waals surface area (Å²) >= 11 is 0. The Hall–Kier alpha value is -3.47. The zero-order valence-electron chi connectivity index (χ0n) is 14.2. The molecule has 0 bridgehead atoms. The van der Waals surface area contributed by atoms with Crippen molar-refractivity contribution in [1.29, 1.82) is 0 Å². The molecule has 5 nitrogen and oxygen atoms in total. The first-order valence-electron chi connectivity index (χ1n) is 8.25. The van der Waals surface area contributed by atoms with Crippen molar-refractivity contribution in [2.75, 3.05) is 7.11 Å². The number of aromatic nitrogens is 1. The topological polar surface area (TPSA) is 65.3 Å². The van der Waals surface area contributed by atoms with Gasteiger partial charge in [-0.05, 0) is 29.3 Å². The number of nitro groups is 1. The first-order chi connectivity index (χ1) is 12.7. The lowest BCUT2D eigenvalue weighted by molar-refractivity contribution is -0.384. The fourth-order valence-electron chi connectivity index (χ4n) is 3.30. The van der Waals surface area contributed by atoms with E-state index in [9.17, 15) is 10.1 Å². The van der Waals surface area contributed by atoms with E-state index in [1.54, 1.807) is 6.07 Å². The monoisotopic (exact) mass is 344 g/mol. The molecule has 128 valence electrons. The quantitative estimate of drug-likeness (QED) is 0.300. The van der Waals surface area contributed by atoms with Crippen molar-refractivity contribution in [1.82, 2.24) is 4.98 Å². The second-order valence-electron chi connectivity index (χ2n) is 6.05. The van der Waals surface area contributed by atoms with E-state index >= 15 is 0 Å². The van der Waals surface area contributed by atoms with Crippen molar-refractivity contribution >= 4 is 27.5 Å². The van der Waals surface area contributed by atoms with E-state index in [1.165, 1.54) is 19.2 Å². The minimum absolute atomic E-state index is 0.0232. The predicted molar refractivity (Wildman–Crippen MR) is 102 cm³/mol. The van der Waals surface area contributed by atoms with Crippen LogP contribution < -0.4 is 4.74 Å². The van der Waals surface area contributed by atoms with Crippen molar-refractivity contribution in [3.63, 3.8) is 0 Å². The largest absolute Gasteiger partial charge is 0.496 e.